The zero-order valence-electron chi connectivity index (χ0n) is 15.3. The second-order valence-electron chi connectivity index (χ2n) is 6.32. The third-order valence-electron chi connectivity index (χ3n) is 4.44. The molecule has 0 atom stereocenters. The van der Waals surface area contributed by atoms with E-state index in [4.69, 9.17) is 4.74 Å². The van der Waals surface area contributed by atoms with Crippen LogP contribution in [0, 0.1) is 13.8 Å². The summed E-state index contributed by atoms with van der Waals surface area (Å²) in [5.41, 5.74) is 4.54. The summed E-state index contributed by atoms with van der Waals surface area (Å²) in [6.07, 6.45) is 1.97. The fourth-order valence-corrected chi connectivity index (χ4v) is 4.01. The predicted molar refractivity (Wildman–Crippen MR) is 109 cm³/mol. The minimum atomic E-state index is -0.159. The first-order valence-electron chi connectivity index (χ1n) is 8.56. The molecule has 0 unspecified atom stereocenters. The zero-order valence-corrected chi connectivity index (χ0v) is 16.1. The fraction of sp³-hybridized carbons (Fsp3) is 0.143. The molecule has 0 saturated heterocycles. The van der Waals surface area contributed by atoms with E-state index in [2.05, 4.69) is 10.3 Å². The van der Waals surface area contributed by atoms with Crippen molar-refractivity contribution in [1.82, 2.24) is 9.38 Å². The quantitative estimate of drug-likeness (QED) is 0.548. The Morgan fingerprint density at radius 1 is 1.15 bits per heavy atom. The number of nitrogens with zero attached hydrogens (tertiary/aromatic N) is 2. The Bertz CT molecular complexity index is 1130. The number of ether oxygens (including phenoxy) is 1. The zero-order chi connectivity index (χ0) is 19.0. The third kappa shape index (κ3) is 3.19. The highest BCUT2D eigenvalue weighted by atomic mass is 32.1. The molecule has 2 aromatic heterocycles. The number of hydrogen-bond donors (Lipinski definition) is 1. The summed E-state index contributed by atoms with van der Waals surface area (Å²) in [7, 11) is 1.59. The Balaban J connectivity index is 1.66. The highest BCUT2D eigenvalue weighted by Gasteiger charge is 2.19. The topological polar surface area (TPSA) is 55.6 Å². The lowest BCUT2D eigenvalue weighted by molar-refractivity contribution is 0.102. The van der Waals surface area contributed by atoms with Crippen LogP contribution < -0.4 is 10.1 Å². The molecule has 0 bridgehead atoms. The molecule has 136 valence electrons. The van der Waals surface area contributed by atoms with E-state index in [0.29, 0.717) is 16.3 Å². The molecule has 0 spiro atoms. The first-order chi connectivity index (χ1) is 13.1. The average Bonchev–Trinajstić information content (AvgIpc) is 3.22. The number of nitrogens with one attached hydrogen (secondary N) is 1. The van der Waals surface area contributed by atoms with Crippen molar-refractivity contribution in [3.05, 3.63) is 70.9 Å². The van der Waals surface area contributed by atoms with Crippen LogP contribution >= 0.6 is 11.3 Å². The standard InChI is InChI=1S/C21H19N3O2S/c1-13-9-10-18(26-3)16(11-13)22-20(25)19-14(2)24-12-17(23-21(24)27-19)15-7-5-4-6-8-15/h4-12H,1-3H3,(H,22,25). The smallest absolute Gasteiger partial charge is 0.267 e. The van der Waals surface area contributed by atoms with Crippen molar-refractivity contribution in [3.63, 3.8) is 0 Å². The molecule has 0 fully saturated rings. The van der Waals surface area contributed by atoms with Gasteiger partial charge < -0.3 is 10.1 Å². The van der Waals surface area contributed by atoms with Crippen LogP contribution in [0.25, 0.3) is 16.2 Å². The monoisotopic (exact) mass is 377 g/mol. The van der Waals surface area contributed by atoms with Crippen LogP contribution in [0.1, 0.15) is 20.9 Å². The molecule has 6 heteroatoms. The maximum Gasteiger partial charge on any atom is 0.267 e. The number of fused-ring (bicyclic) bond motifs is 1. The molecule has 0 aliphatic carbocycles. The van der Waals surface area contributed by atoms with Gasteiger partial charge in [-0.2, -0.15) is 0 Å². The van der Waals surface area contributed by atoms with Crippen LogP contribution in [0.2, 0.25) is 0 Å². The number of aromatic nitrogens is 2. The molecule has 4 aromatic rings. The Kier molecular flexibility index (Phi) is 4.41. The summed E-state index contributed by atoms with van der Waals surface area (Å²) in [6.45, 7) is 3.91. The van der Waals surface area contributed by atoms with Crippen LogP contribution in [0.15, 0.2) is 54.7 Å². The number of carbonyl (C=O) groups is 1. The van der Waals surface area contributed by atoms with E-state index in [0.717, 1.165) is 27.5 Å². The van der Waals surface area contributed by atoms with Gasteiger partial charge in [0, 0.05) is 17.5 Å². The van der Waals surface area contributed by atoms with Gasteiger partial charge in [0.05, 0.1) is 18.5 Å². The largest absolute Gasteiger partial charge is 0.495 e. The first-order valence-corrected chi connectivity index (χ1v) is 9.38. The number of methoxy groups -OCH3 is 1. The van der Waals surface area contributed by atoms with E-state index in [1.54, 1.807) is 7.11 Å². The van der Waals surface area contributed by atoms with Gasteiger partial charge in [-0.15, -0.1) is 0 Å². The van der Waals surface area contributed by atoms with Gasteiger partial charge in [-0.05, 0) is 31.5 Å². The van der Waals surface area contributed by atoms with Crippen LogP contribution in [0.5, 0.6) is 5.75 Å². The lowest BCUT2D eigenvalue weighted by Gasteiger charge is -2.10. The Hall–Kier alpha value is -3.12. The van der Waals surface area contributed by atoms with Crippen LogP contribution in [0.4, 0.5) is 5.69 Å². The highest BCUT2D eigenvalue weighted by molar-refractivity contribution is 7.19. The molecule has 0 radical (unpaired) electrons. The molecule has 2 heterocycles. The maximum atomic E-state index is 12.8. The number of hydrogen-bond acceptors (Lipinski definition) is 4. The summed E-state index contributed by atoms with van der Waals surface area (Å²) in [5.74, 6) is 0.479. The minimum absolute atomic E-state index is 0.159. The van der Waals surface area contributed by atoms with Crippen molar-refractivity contribution in [2.75, 3.05) is 12.4 Å². The Labute approximate surface area is 161 Å². The van der Waals surface area contributed by atoms with Crippen LogP contribution in [0.3, 0.4) is 0 Å². The van der Waals surface area contributed by atoms with Gasteiger partial charge in [-0.25, -0.2) is 4.98 Å². The SMILES string of the molecule is COc1ccc(C)cc1NC(=O)c1sc2nc(-c3ccccc3)cn2c1C. The molecule has 0 aliphatic rings. The van der Waals surface area contributed by atoms with Crippen LogP contribution in [-0.2, 0) is 0 Å². The summed E-state index contributed by atoms with van der Waals surface area (Å²) in [6, 6.07) is 15.7. The van der Waals surface area contributed by atoms with Crippen molar-refractivity contribution < 1.29 is 9.53 Å². The van der Waals surface area contributed by atoms with E-state index in [9.17, 15) is 4.79 Å². The highest BCUT2D eigenvalue weighted by Crippen LogP contribution is 2.30. The second-order valence-corrected chi connectivity index (χ2v) is 7.30. The van der Waals surface area contributed by atoms with E-state index in [1.807, 2.05) is 73.0 Å². The van der Waals surface area contributed by atoms with Crippen molar-refractivity contribution in [2.24, 2.45) is 0 Å². The van der Waals surface area contributed by atoms with E-state index in [1.165, 1.54) is 11.3 Å². The number of aryl methyl sites for hydroxylation is 2. The second kappa shape index (κ2) is 6.89. The molecule has 27 heavy (non-hydrogen) atoms. The molecular formula is C21H19N3O2S. The summed E-state index contributed by atoms with van der Waals surface area (Å²) in [5, 5.41) is 2.96. The Morgan fingerprint density at radius 3 is 2.63 bits per heavy atom. The molecule has 4 rings (SSSR count). The van der Waals surface area contributed by atoms with Crippen molar-refractivity contribution in [3.8, 4) is 17.0 Å². The van der Waals surface area contributed by atoms with Crippen molar-refractivity contribution >= 4 is 27.9 Å². The predicted octanol–water partition coefficient (Wildman–Crippen LogP) is 4.94. The molecule has 5 nitrogen and oxygen atoms in total. The number of anilines is 1. The lowest BCUT2D eigenvalue weighted by Crippen LogP contribution is -2.12. The van der Waals surface area contributed by atoms with E-state index < -0.39 is 0 Å². The molecule has 1 N–H and O–H groups in total. The van der Waals surface area contributed by atoms with Crippen LogP contribution in [-0.4, -0.2) is 22.4 Å². The molecule has 2 aromatic carbocycles. The van der Waals surface area contributed by atoms with Gasteiger partial charge in [0.25, 0.3) is 5.91 Å². The molecule has 0 aliphatic heterocycles. The van der Waals surface area contributed by atoms with E-state index >= 15 is 0 Å². The minimum Gasteiger partial charge on any atom is -0.495 e. The number of imidazole rings is 1. The van der Waals surface area contributed by atoms with Gasteiger partial charge in [0.15, 0.2) is 4.96 Å². The average molecular weight is 377 g/mol. The summed E-state index contributed by atoms with van der Waals surface area (Å²) in [4.78, 5) is 19.0. The van der Waals surface area contributed by atoms with Gasteiger partial charge in [-0.1, -0.05) is 47.7 Å². The van der Waals surface area contributed by atoms with E-state index in [-0.39, 0.29) is 5.91 Å². The Morgan fingerprint density at radius 2 is 1.93 bits per heavy atom. The van der Waals surface area contributed by atoms with Crippen molar-refractivity contribution in [1.29, 1.82) is 0 Å². The molecule has 1 amide bonds. The lowest BCUT2D eigenvalue weighted by atomic mass is 10.2. The fourth-order valence-electron chi connectivity index (χ4n) is 3.01. The van der Waals surface area contributed by atoms with Gasteiger partial charge >= 0.3 is 0 Å². The van der Waals surface area contributed by atoms with Gasteiger partial charge in [0.1, 0.15) is 10.6 Å². The third-order valence-corrected chi connectivity index (χ3v) is 5.59. The molecule has 0 saturated carbocycles. The number of carbonyl (C=O) groups excluding carboxylic acids is 1. The molecular weight excluding hydrogens is 358 g/mol. The van der Waals surface area contributed by atoms with Crippen molar-refractivity contribution in [2.45, 2.75) is 13.8 Å². The van der Waals surface area contributed by atoms with Gasteiger partial charge in [-0.3, -0.25) is 9.20 Å². The number of amides is 1. The summed E-state index contributed by atoms with van der Waals surface area (Å²) < 4.78 is 7.31. The first kappa shape index (κ1) is 17.3. The normalized spacial score (nSPS) is 10.9. The summed E-state index contributed by atoms with van der Waals surface area (Å²) >= 11 is 1.38. The number of thiazole rings is 1. The van der Waals surface area contributed by atoms with Gasteiger partial charge in [0.2, 0.25) is 0 Å². The maximum absolute atomic E-state index is 12.8. The number of rotatable bonds is 4. The number of benzene rings is 2.